The van der Waals surface area contributed by atoms with Gasteiger partial charge in [-0.3, -0.25) is 34.4 Å². The van der Waals surface area contributed by atoms with Crippen molar-refractivity contribution in [2.24, 2.45) is 0 Å². The second-order valence-corrected chi connectivity index (χ2v) is 11.0. The topological polar surface area (TPSA) is 127 Å². The van der Waals surface area contributed by atoms with E-state index in [1.165, 1.54) is 0 Å². The number of aromatic nitrogens is 1. The largest absolute Gasteiger partial charge is 0.491 e. The summed E-state index contributed by atoms with van der Waals surface area (Å²) in [4.78, 5) is 55.4. The number of hydrogen-bond acceptors (Lipinski definition) is 8. The van der Waals surface area contributed by atoms with Gasteiger partial charge < -0.3 is 14.8 Å². The zero-order valence-corrected chi connectivity index (χ0v) is 24.6. The molecule has 43 heavy (non-hydrogen) atoms. The van der Waals surface area contributed by atoms with Crippen LogP contribution in [0.4, 0.5) is 5.69 Å². The summed E-state index contributed by atoms with van der Waals surface area (Å²) in [6.07, 6.45) is 1.99. The third-order valence-electron chi connectivity index (χ3n) is 7.40. The van der Waals surface area contributed by atoms with Gasteiger partial charge in [0.1, 0.15) is 18.4 Å². The van der Waals surface area contributed by atoms with Crippen LogP contribution in [0.25, 0.3) is 22.0 Å². The second kappa shape index (κ2) is 12.3. The van der Waals surface area contributed by atoms with E-state index in [4.69, 9.17) is 9.47 Å². The fourth-order valence-corrected chi connectivity index (χ4v) is 5.70. The molecular formula is C32H27BrN4O6. The molecule has 11 heteroatoms. The number of halogens is 1. The quantitative estimate of drug-likeness (QED) is 0.190. The van der Waals surface area contributed by atoms with Crippen molar-refractivity contribution in [1.29, 1.82) is 0 Å². The van der Waals surface area contributed by atoms with Gasteiger partial charge in [0.25, 0.3) is 11.8 Å². The van der Waals surface area contributed by atoms with Gasteiger partial charge in [-0.2, -0.15) is 0 Å². The van der Waals surface area contributed by atoms with Gasteiger partial charge in [-0.1, -0.05) is 34.1 Å². The lowest BCUT2D eigenvalue weighted by molar-refractivity contribution is -0.136. The first-order chi connectivity index (χ1) is 20.9. The van der Waals surface area contributed by atoms with Gasteiger partial charge in [-0.05, 0) is 66.1 Å². The smallest absolute Gasteiger partial charge is 0.264 e. The van der Waals surface area contributed by atoms with Crippen molar-refractivity contribution in [3.8, 4) is 16.9 Å². The molecule has 2 N–H and O–H groups in total. The Kier molecular flexibility index (Phi) is 8.17. The van der Waals surface area contributed by atoms with Crippen molar-refractivity contribution in [2.75, 3.05) is 31.7 Å². The Morgan fingerprint density at radius 1 is 0.930 bits per heavy atom. The Morgan fingerprint density at radius 2 is 1.77 bits per heavy atom. The fraction of sp³-hybridized carbons (Fsp3) is 0.219. The Morgan fingerprint density at radius 3 is 2.58 bits per heavy atom. The molecule has 0 saturated carbocycles. The van der Waals surface area contributed by atoms with Gasteiger partial charge in [0, 0.05) is 34.7 Å². The number of nitrogens with zero attached hydrogens (tertiary/aromatic N) is 2. The predicted octanol–water partition coefficient (Wildman–Crippen LogP) is 4.57. The molecule has 218 valence electrons. The van der Waals surface area contributed by atoms with Crippen LogP contribution in [-0.2, 0) is 14.3 Å². The number of carbonyl (C=O) groups is 4. The molecule has 3 heterocycles. The standard InChI is InChI=1S/C32H27BrN4O6/c33-20-6-9-25-24(18-20)22(12-13-34-25)19-4-7-21(8-5-19)43-17-16-42-15-14-35-26-3-1-2-23-29(26)32(41)37(31(23)40)27-10-11-28(38)36-30(27)39/h1-9,12-13,18,27,35H,10-11,14-17H2,(H,36,38,39). The highest BCUT2D eigenvalue weighted by molar-refractivity contribution is 9.10. The highest BCUT2D eigenvalue weighted by Crippen LogP contribution is 2.33. The molecule has 1 aromatic heterocycles. The summed E-state index contributed by atoms with van der Waals surface area (Å²) in [6.45, 7) is 1.45. The van der Waals surface area contributed by atoms with Crippen LogP contribution < -0.4 is 15.4 Å². The van der Waals surface area contributed by atoms with Crippen LogP contribution in [0, 0.1) is 0 Å². The Hall–Kier alpha value is -4.61. The van der Waals surface area contributed by atoms with Gasteiger partial charge >= 0.3 is 0 Å². The van der Waals surface area contributed by atoms with Gasteiger partial charge in [0.05, 0.1) is 29.9 Å². The Balaban J connectivity index is 0.978. The molecule has 6 rings (SSSR count). The van der Waals surface area contributed by atoms with E-state index in [1.807, 2.05) is 42.5 Å². The summed E-state index contributed by atoms with van der Waals surface area (Å²) in [5.41, 5.74) is 4.01. The molecule has 0 spiro atoms. The van der Waals surface area contributed by atoms with Crippen LogP contribution in [0.3, 0.4) is 0 Å². The summed E-state index contributed by atoms with van der Waals surface area (Å²) < 4.78 is 12.5. The number of carbonyl (C=O) groups excluding carboxylic acids is 4. The first-order valence-electron chi connectivity index (χ1n) is 13.8. The minimum atomic E-state index is -1.00. The maximum absolute atomic E-state index is 13.2. The number of piperidine rings is 1. The van der Waals surface area contributed by atoms with Crippen molar-refractivity contribution >= 4 is 56.1 Å². The normalized spacial score (nSPS) is 16.4. The fourth-order valence-electron chi connectivity index (χ4n) is 5.34. The minimum absolute atomic E-state index is 0.0720. The molecule has 0 radical (unpaired) electrons. The maximum Gasteiger partial charge on any atom is 0.264 e. The monoisotopic (exact) mass is 642 g/mol. The van der Waals surface area contributed by atoms with Gasteiger partial charge in [0.2, 0.25) is 11.8 Å². The van der Waals surface area contributed by atoms with Crippen molar-refractivity contribution in [2.45, 2.75) is 18.9 Å². The van der Waals surface area contributed by atoms with Crippen molar-refractivity contribution in [3.63, 3.8) is 0 Å². The van der Waals surface area contributed by atoms with E-state index in [0.29, 0.717) is 32.1 Å². The molecule has 0 bridgehead atoms. The number of hydrogen-bond donors (Lipinski definition) is 2. The third-order valence-corrected chi connectivity index (χ3v) is 7.89. The first kappa shape index (κ1) is 28.5. The van der Waals surface area contributed by atoms with Gasteiger partial charge in [-0.25, -0.2) is 0 Å². The number of pyridine rings is 1. The summed E-state index contributed by atoms with van der Waals surface area (Å²) in [5, 5.41) is 6.43. The molecule has 1 saturated heterocycles. The van der Waals surface area contributed by atoms with Crippen molar-refractivity contribution in [1.82, 2.24) is 15.2 Å². The number of nitrogens with one attached hydrogen (secondary N) is 2. The SMILES string of the molecule is O=C1CCC(N2C(=O)c3cccc(NCCOCCOc4ccc(-c5ccnc6ccc(Br)cc56)cc4)c3C2=O)C(=O)N1. The van der Waals surface area contributed by atoms with E-state index >= 15 is 0 Å². The number of ether oxygens (including phenoxy) is 2. The lowest BCUT2D eigenvalue weighted by atomic mass is 10.0. The zero-order valence-electron chi connectivity index (χ0n) is 23.0. The average Bonchev–Trinajstić information content (AvgIpc) is 3.26. The maximum atomic E-state index is 13.2. The van der Waals surface area contributed by atoms with Crippen LogP contribution in [-0.4, -0.2) is 65.9 Å². The molecule has 4 amide bonds. The van der Waals surface area contributed by atoms with Gasteiger partial charge in [-0.15, -0.1) is 0 Å². The predicted molar refractivity (Wildman–Crippen MR) is 163 cm³/mol. The zero-order chi connectivity index (χ0) is 29.9. The van der Waals surface area contributed by atoms with Gasteiger partial charge in [0.15, 0.2) is 0 Å². The number of benzene rings is 3. The van der Waals surface area contributed by atoms with Crippen LogP contribution in [0.5, 0.6) is 5.75 Å². The molecule has 3 aromatic carbocycles. The van der Waals surface area contributed by atoms with E-state index in [0.717, 1.165) is 37.2 Å². The molecule has 1 fully saturated rings. The molecule has 2 aliphatic rings. The van der Waals surface area contributed by atoms with Crippen molar-refractivity contribution in [3.05, 3.63) is 88.5 Å². The Bertz CT molecular complexity index is 1740. The van der Waals surface area contributed by atoms with E-state index in [1.54, 1.807) is 24.4 Å². The van der Waals surface area contributed by atoms with E-state index in [-0.39, 0.29) is 24.0 Å². The molecule has 1 unspecified atom stereocenters. The first-order valence-corrected chi connectivity index (χ1v) is 14.6. The summed E-state index contributed by atoms with van der Waals surface area (Å²) in [5.74, 6) is -1.41. The highest BCUT2D eigenvalue weighted by Gasteiger charge is 2.45. The molecule has 2 aliphatic heterocycles. The van der Waals surface area contributed by atoms with E-state index in [2.05, 4.69) is 37.6 Å². The molecule has 1 atom stereocenters. The van der Waals surface area contributed by atoms with Crippen LogP contribution in [0.1, 0.15) is 33.6 Å². The van der Waals surface area contributed by atoms with E-state index in [9.17, 15) is 19.2 Å². The summed E-state index contributed by atoms with van der Waals surface area (Å²) >= 11 is 3.54. The number of anilines is 1. The van der Waals surface area contributed by atoms with E-state index < -0.39 is 29.7 Å². The summed E-state index contributed by atoms with van der Waals surface area (Å²) in [7, 11) is 0. The Labute approximate surface area is 255 Å². The summed E-state index contributed by atoms with van der Waals surface area (Å²) in [6, 6.07) is 19.8. The minimum Gasteiger partial charge on any atom is -0.491 e. The van der Waals surface area contributed by atoms with Crippen LogP contribution in [0.15, 0.2) is 77.4 Å². The second-order valence-electron chi connectivity index (χ2n) is 10.1. The number of fused-ring (bicyclic) bond motifs is 2. The lowest BCUT2D eigenvalue weighted by Gasteiger charge is -2.27. The van der Waals surface area contributed by atoms with Crippen LogP contribution >= 0.6 is 15.9 Å². The number of rotatable bonds is 10. The number of amides is 4. The number of imide groups is 2. The molecule has 0 aliphatic carbocycles. The highest BCUT2D eigenvalue weighted by atomic mass is 79.9. The van der Waals surface area contributed by atoms with Crippen molar-refractivity contribution < 1.29 is 28.7 Å². The molecular weight excluding hydrogens is 616 g/mol. The molecule has 4 aromatic rings. The lowest BCUT2D eigenvalue weighted by Crippen LogP contribution is -2.54. The average molecular weight is 643 g/mol. The molecule has 10 nitrogen and oxygen atoms in total. The van der Waals surface area contributed by atoms with Crippen LogP contribution in [0.2, 0.25) is 0 Å². The third kappa shape index (κ3) is 5.86.